The average Bonchev–Trinajstić information content (AvgIpc) is 2.69. The largest absolute Gasteiger partial charge is 0.444 e. The Morgan fingerprint density at radius 3 is 2.03 bits per heavy atom. The first-order valence-corrected chi connectivity index (χ1v) is 12.3. The van der Waals surface area contributed by atoms with E-state index >= 15 is 0 Å². The fraction of sp³-hybridized carbons (Fsp3) is 0.654. The number of Topliss-reactive ketones (excluding diaryl/α,β-unsaturated/α-hetero) is 1. The van der Waals surface area contributed by atoms with Crippen molar-refractivity contribution in [2.24, 2.45) is 5.92 Å². The van der Waals surface area contributed by atoms with Crippen LogP contribution in [0.2, 0.25) is 0 Å². The smallest absolute Gasteiger partial charge is 0.408 e. The van der Waals surface area contributed by atoms with E-state index in [1.54, 1.807) is 41.5 Å². The van der Waals surface area contributed by atoms with E-state index in [1.165, 1.54) is 0 Å². The van der Waals surface area contributed by atoms with E-state index < -0.39 is 29.4 Å². The van der Waals surface area contributed by atoms with Crippen molar-refractivity contribution in [2.45, 2.75) is 96.8 Å². The molecule has 1 rings (SSSR count). The minimum absolute atomic E-state index is 0.0972. The van der Waals surface area contributed by atoms with Gasteiger partial charge in [0.1, 0.15) is 11.2 Å². The number of alkyl carbamates (subject to hydrolysis) is 2. The minimum Gasteiger partial charge on any atom is -0.444 e. The predicted octanol–water partition coefficient (Wildman–Crippen LogP) is 6.15. The summed E-state index contributed by atoms with van der Waals surface area (Å²) < 4.78 is 10.6. The summed E-state index contributed by atoms with van der Waals surface area (Å²) in [6.07, 6.45) is 0.806. The van der Waals surface area contributed by atoms with Gasteiger partial charge in [0.2, 0.25) is 0 Å². The van der Waals surface area contributed by atoms with Crippen molar-refractivity contribution >= 4 is 29.6 Å². The molecule has 1 aromatic rings. The number of halogens is 1. The molecule has 0 fully saturated rings. The number of ether oxygens (including phenoxy) is 2. The highest BCUT2D eigenvalue weighted by Crippen LogP contribution is 2.31. The molecule has 0 saturated carbocycles. The molecular weight excluding hydrogens is 456 g/mol. The molecule has 192 valence electrons. The van der Waals surface area contributed by atoms with Crippen LogP contribution in [0.5, 0.6) is 0 Å². The van der Waals surface area contributed by atoms with Crippen LogP contribution in [0, 0.1) is 5.92 Å². The number of carbonyl (C=O) groups is 3. The zero-order chi connectivity index (χ0) is 25.9. The van der Waals surface area contributed by atoms with Gasteiger partial charge in [0.05, 0.1) is 11.4 Å². The Labute approximate surface area is 209 Å². The maximum Gasteiger partial charge on any atom is 0.408 e. The van der Waals surface area contributed by atoms with Gasteiger partial charge in [-0.05, 0) is 72.3 Å². The van der Waals surface area contributed by atoms with Crippen molar-refractivity contribution in [1.82, 2.24) is 10.6 Å². The third-order valence-electron chi connectivity index (χ3n) is 4.81. The van der Waals surface area contributed by atoms with Gasteiger partial charge in [0, 0.05) is 13.0 Å². The Morgan fingerprint density at radius 1 is 0.912 bits per heavy atom. The lowest BCUT2D eigenvalue weighted by Crippen LogP contribution is -2.44. The molecule has 0 aromatic heterocycles. The number of nitrogens with one attached hydrogen (secondary N) is 2. The summed E-state index contributed by atoms with van der Waals surface area (Å²) in [6, 6.07) is 8.92. The Hall–Kier alpha value is -2.28. The number of amides is 2. The molecule has 0 radical (unpaired) electrons. The molecule has 8 heteroatoms. The van der Waals surface area contributed by atoms with Crippen molar-refractivity contribution in [1.29, 1.82) is 0 Å². The van der Waals surface area contributed by atoms with E-state index in [0.29, 0.717) is 25.8 Å². The summed E-state index contributed by atoms with van der Waals surface area (Å²) in [4.78, 5) is 37.2. The zero-order valence-electron chi connectivity index (χ0n) is 21.6. The number of carbonyl (C=O) groups excluding carboxylic acids is 3. The van der Waals surface area contributed by atoms with Crippen LogP contribution in [-0.2, 0) is 14.3 Å². The monoisotopic (exact) mass is 496 g/mol. The first-order chi connectivity index (χ1) is 15.7. The third kappa shape index (κ3) is 12.8. The molecule has 0 aliphatic heterocycles. The van der Waals surface area contributed by atoms with Gasteiger partial charge in [0.25, 0.3) is 0 Å². The first-order valence-electron chi connectivity index (χ1n) is 11.9. The lowest BCUT2D eigenvalue weighted by atomic mass is 9.92. The van der Waals surface area contributed by atoms with Gasteiger partial charge in [-0.15, -0.1) is 11.6 Å². The van der Waals surface area contributed by atoms with Gasteiger partial charge >= 0.3 is 12.2 Å². The molecule has 1 unspecified atom stereocenters. The lowest BCUT2D eigenvalue weighted by Gasteiger charge is -2.25. The number of hydrogen-bond donors (Lipinski definition) is 2. The van der Waals surface area contributed by atoms with Crippen molar-refractivity contribution in [2.75, 3.05) is 6.54 Å². The quantitative estimate of drug-likeness (QED) is 0.283. The van der Waals surface area contributed by atoms with Gasteiger partial charge in [-0.2, -0.15) is 0 Å². The van der Waals surface area contributed by atoms with Gasteiger partial charge in [-0.1, -0.05) is 37.3 Å². The van der Waals surface area contributed by atoms with Crippen LogP contribution in [0.15, 0.2) is 30.3 Å². The zero-order valence-corrected chi connectivity index (χ0v) is 22.3. The Bertz CT molecular complexity index is 787. The summed E-state index contributed by atoms with van der Waals surface area (Å²) in [5, 5.41) is 5.11. The summed E-state index contributed by atoms with van der Waals surface area (Å²) in [7, 11) is 0. The second-order valence-corrected chi connectivity index (χ2v) is 11.1. The van der Waals surface area contributed by atoms with Crippen LogP contribution >= 0.6 is 11.6 Å². The van der Waals surface area contributed by atoms with Crippen molar-refractivity contribution in [3.8, 4) is 0 Å². The van der Waals surface area contributed by atoms with E-state index in [0.717, 1.165) is 5.56 Å². The third-order valence-corrected chi connectivity index (χ3v) is 5.49. The van der Waals surface area contributed by atoms with E-state index in [9.17, 15) is 14.4 Å². The van der Waals surface area contributed by atoms with E-state index in [2.05, 4.69) is 10.6 Å². The maximum atomic E-state index is 13.1. The number of rotatable bonds is 11. The molecule has 1 aromatic carbocycles. The minimum atomic E-state index is -0.696. The van der Waals surface area contributed by atoms with Crippen molar-refractivity contribution in [3.05, 3.63) is 35.9 Å². The maximum absolute atomic E-state index is 13.1. The van der Waals surface area contributed by atoms with E-state index in [-0.39, 0.29) is 23.5 Å². The predicted molar refractivity (Wildman–Crippen MR) is 135 cm³/mol. The lowest BCUT2D eigenvalue weighted by molar-refractivity contribution is -0.122. The molecular formula is C26H41ClN2O5. The van der Waals surface area contributed by atoms with E-state index in [4.69, 9.17) is 21.1 Å². The van der Waals surface area contributed by atoms with Crippen LogP contribution in [-0.4, -0.2) is 41.8 Å². The highest BCUT2D eigenvalue weighted by atomic mass is 35.5. The fourth-order valence-corrected chi connectivity index (χ4v) is 3.50. The SMILES string of the molecule is C[C@H](CC(=O)[C@H](CCCCNC(=O)OC(C)(C)C)NC(=O)OC(C)(C)C)C(Cl)c1ccccc1. The van der Waals surface area contributed by atoms with Crippen LogP contribution in [0.3, 0.4) is 0 Å². The second kappa shape index (κ2) is 13.6. The second-order valence-electron chi connectivity index (χ2n) is 10.6. The van der Waals surface area contributed by atoms with Crippen LogP contribution in [0.25, 0.3) is 0 Å². The molecule has 0 aliphatic carbocycles. The Balaban J connectivity index is 2.67. The fourth-order valence-electron chi connectivity index (χ4n) is 3.27. The molecule has 0 spiro atoms. The standard InChI is InChI=1S/C26H41ClN2O5/c1-18(22(27)19-13-9-8-10-14-19)17-21(30)20(29-24(32)34-26(5,6)7)15-11-12-16-28-23(31)33-25(2,3)4/h8-10,13-14,18,20,22H,11-12,15-17H2,1-7H3,(H,28,31)(H,29,32)/t18-,20+,22?/m1/s1. The normalized spacial score (nSPS) is 14.5. The molecule has 34 heavy (non-hydrogen) atoms. The van der Waals surface area contributed by atoms with E-state index in [1.807, 2.05) is 37.3 Å². The van der Waals surface area contributed by atoms with Gasteiger partial charge in [0.15, 0.2) is 5.78 Å². The number of alkyl halides is 1. The number of unbranched alkanes of at least 4 members (excludes halogenated alkanes) is 1. The van der Waals surface area contributed by atoms with Crippen LogP contribution in [0.1, 0.15) is 85.1 Å². The molecule has 0 heterocycles. The Kier molecular flexibility index (Phi) is 11.9. The summed E-state index contributed by atoms with van der Waals surface area (Å²) in [5.74, 6) is -0.214. The van der Waals surface area contributed by atoms with Gasteiger partial charge < -0.3 is 20.1 Å². The molecule has 0 aliphatic rings. The molecule has 0 bridgehead atoms. The summed E-state index contributed by atoms with van der Waals surface area (Å²) >= 11 is 6.60. The molecule has 3 atom stereocenters. The first kappa shape index (κ1) is 29.8. The number of ketones is 1. The molecule has 7 nitrogen and oxygen atoms in total. The van der Waals surface area contributed by atoms with Gasteiger partial charge in [-0.25, -0.2) is 9.59 Å². The number of hydrogen-bond acceptors (Lipinski definition) is 5. The molecule has 2 amide bonds. The Morgan fingerprint density at radius 2 is 1.47 bits per heavy atom. The topological polar surface area (TPSA) is 93.7 Å². The van der Waals surface area contributed by atoms with Crippen molar-refractivity contribution in [3.63, 3.8) is 0 Å². The van der Waals surface area contributed by atoms with Crippen LogP contribution in [0.4, 0.5) is 9.59 Å². The van der Waals surface area contributed by atoms with Crippen molar-refractivity contribution < 1.29 is 23.9 Å². The van der Waals surface area contributed by atoms with Crippen LogP contribution < -0.4 is 10.6 Å². The molecule has 2 N–H and O–H groups in total. The molecule has 0 saturated heterocycles. The summed E-state index contributed by atoms with van der Waals surface area (Å²) in [5.41, 5.74) is -0.277. The highest BCUT2D eigenvalue weighted by molar-refractivity contribution is 6.21. The number of benzene rings is 1. The average molecular weight is 497 g/mol. The van der Waals surface area contributed by atoms with Gasteiger partial charge in [-0.3, -0.25) is 4.79 Å². The summed E-state index contributed by atoms with van der Waals surface area (Å²) in [6.45, 7) is 13.1. The highest BCUT2D eigenvalue weighted by Gasteiger charge is 2.27.